The third kappa shape index (κ3) is 2.76. The number of amides is 1. The number of hydrogen-bond donors (Lipinski definition) is 1. The summed E-state index contributed by atoms with van der Waals surface area (Å²) in [5, 5.41) is 8.15. The summed E-state index contributed by atoms with van der Waals surface area (Å²) in [6.45, 7) is 8.79. The molecule has 1 atom stereocenters. The molecule has 1 N–H and O–H groups in total. The van der Waals surface area contributed by atoms with E-state index in [0.29, 0.717) is 5.69 Å². The number of nitrogens with one attached hydrogen (secondary N) is 1. The first-order valence-corrected chi connectivity index (χ1v) is 9.26. The summed E-state index contributed by atoms with van der Waals surface area (Å²) in [6.07, 6.45) is 3.07. The molecule has 2 heterocycles. The molecule has 132 valence electrons. The monoisotopic (exact) mass is 338 g/mol. The van der Waals surface area contributed by atoms with Crippen LogP contribution in [0.25, 0.3) is 5.69 Å². The third-order valence-corrected chi connectivity index (χ3v) is 5.48. The van der Waals surface area contributed by atoms with E-state index in [1.54, 1.807) is 0 Å². The van der Waals surface area contributed by atoms with Gasteiger partial charge in [0.2, 0.25) is 0 Å². The Bertz CT molecular complexity index is 823. The Labute approximate surface area is 149 Å². The molecule has 5 nitrogen and oxygen atoms in total. The Hall–Kier alpha value is -2.14. The van der Waals surface area contributed by atoms with Crippen molar-refractivity contribution in [3.8, 4) is 5.69 Å². The summed E-state index contributed by atoms with van der Waals surface area (Å²) < 4.78 is 2.03. The fraction of sp³-hybridized carbons (Fsp3) is 0.500. The van der Waals surface area contributed by atoms with Crippen LogP contribution in [0.4, 0.5) is 0 Å². The molecule has 1 amide bonds. The molecule has 1 aliphatic carbocycles. The van der Waals surface area contributed by atoms with Crippen molar-refractivity contribution in [3.05, 3.63) is 46.3 Å². The van der Waals surface area contributed by atoms with E-state index in [-0.39, 0.29) is 11.9 Å². The van der Waals surface area contributed by atoms with Crippen molar-refractivity contribution in [1.29, 1.82) is 0 Å². The summed E-state index contributed by atoms with van der Waals surface area (Å²) >= 11 is 0. The van der Waals surface area contributed by atoms with Crippen LogP contribution in [0.5, 0.6) is 0 Å². The lowest BCUT2D eigenvalue weighted by Gasteiger charge is -2.33. The molecule has 1 aromatic heterocycles. The fourth-order valence-corrected chi connectivity index (χ4v) is 4.13. The normalized spacial score (nSPS) is 20.0. The minimum atomic E-state index is 0.0932. The van der Waals surface area contributed by atoms with Gasteiger partial charge in [0.05, 0.1) is 5.69 Å². The van der Waals surface area contributed by atoms with Gasteiger partial charge in [-0.25, -0.2) is 4.68 Å². The highest BCUT2D eigenvalue weighted by atomic mass is 16.2. The smallest absolute Gasteiger partial charge is 0.274 e. The number of carbonyl (C=O) groups is 1. The molecule has 1 saturated heterocycles. The SMILES string of the molecule is Cc1ccc(-n2nc(C(=O)N3CCNC[C@@H]3C)c3c2CCC3)c(C)c1. The summed E-state index contributed by atoms with van der Waals surface area (Å²) in [6, 6.07) is 6.63. The summed E-state index contributed by atoms with van der Waals surface area (Å²) in [5.41, 5.74) is 6.59. The van der Waals surface area contributed by atoms with Gasteiger partial charge in [-0.15, -0.1) is 0 Å². The maximum atomic E-state index is 13.2. The van der Waals surface area contributed by atoms with Gasteiger partial charge in [0.15, 0.2) is 5.69 Å². The lowest BCUT2D eigenvalue weighted by Crippen LogP contribution is -2.52. The van der Waals surface area contributed by atoms with Crippen molar-refractivity contribution in [2.45, 2.75) is 46.1 Å². The average molecular weight is 338 g/mol. The molecule has 0 bridgehead atoms. The molecular weight excluding hydrogens is 312 g/mol. The number of fused-ring (bicyclic) bond motifs is 1. The topological polar surface area (TPSA) is 50.2 Å². The number of aromatic nitrogens is 2. The van der Waals surface area contributed by atoms with Crippen molar-refractivity contribution in [3.63, 3.8) is 0 Å². The highest BCUT2D eigenvalue weighted by Gasteiger charge is 2.32. The van der Waals surface area contributed by atoms with Crippen LogP contribution < -0.4 is 5.32 Å². The van der Waals surface area contributed by atoms with Crippen LogP contribution in [0.2, 0.25) is 0 Å². The highest BCUT2D eigenvalue weighted by Crippen LogP contribution is 2.30. The van der Waals surface area contributed by atoms with E-state index >= 15 is 0 Å². The molecule has 1 aliphatic heterocycles. The number of hydrogen-bond acceptors (Lipinski definition) is 3. The van der Waals surface area contributed by atoms with Crippen molar-refractivity contribution in [2.75, 3.05) is 19.6 Å². The standard InChI is InChI=1S/C20H26N4O/c1-13-7-8-17(14(2)11-13)24-18-6-4-5-16(18)19(22-24)20(25)23-10-9-21-12-15(23)3/h7-8,11,15,21H,4-6,9-10,12H2,1-3H3/t15-/m0/s1. The molecule has 0 spiro atoms. The Kier molecular flexibility index (Phi) is 4.12. The van der Waals surface area contributed by atoms with Crippen molar-refractivity contribution < 1.29 is 4.79 Å². The number of nitrogens with zero attached hydrogens (tertiary/aromatic N) is 3. The molecule has 0 radical (unpaired) electrons. The quantitative estimate of drug-likeness (QED) is 0.915. The number of carbonyl (C=O) groups excluding carboxylic acids is 1. The average Bonchev–Trinajstić information content (AvgIpc) is 3.18. The molecule has 25 heavy (non-hydrogen) atoms. The number of benzene rings is 1. The second kappa shape index (κ2) is 6.30. The van der Waals surface area contributed by atoms with E-state index in [1.165, 1.54) is 16.8 Å². The first-order valence-electron chi connectivity index (χ1n) is 9.26. The minimum absolute atomic E-state index is 0.0932. The zero-order chi connectivity index (χ0) is 17.6. The molecule has 1 fully saturated rings. The Morgan fingerprint density at radius 1 is 1.28 bits per heavy atom. The largest absolute Gasteiger partial charge is 0.332 e. The first-order chi connectivity index (χ1) is 12.1. The highest BCUT2D eigenvalue weighted by molar-refractivity contribution is 5.94. The van der Waals surface area contributed by atoms with Gasteiger partial charge in [-0.1, -0.05) is 17.7 Å². The van der Waals surface area contributed by atoms with E-state index < -0.39 is 0 Å². The van der Waals surface area contributed by atoms with Gasteiger partial charge >= 0.3 is 0 Å². The van der Waals surface area contributed by atoms with Crippen molar-refractivity contribution in [1.82, 2.24) is 20.0 Å². The molecule has 2 aromatic rings. The zero-order valence-electron chi connectivity index (χ0n) is 15.3. The maximum absolute atomic E-state index is 13.2. The number of aryl methyl sites for hydroxylation is 2. The van der Waals surface area contributed by atoms with Gasteiger partial charge in [0.1, 0.15) is 0 Å². The molecule has 0 saturated carbocycles. The van der Waals surface area contributed by atoms with Crippen LogP contribution in [0.1, 0.15) is 46.2 Å². The van der Waals surface area contributed by atoms with Gasteiger partial charge in [0.25, 0.3) is 5.91 Å². The van der Waals surface area contributed by atoms with Crippen LogP contribution in [0.3, 0.4) is 0 Å². The lowest BCUT2D eigenvalue weighted by molar-refractivity contribution is 0.0648. The van der Waals surface area contributed by atoms with Gasteiger partial charge < -0.3 is 10.2 Å². The van der Waals surface area contributed by atoms with Crippen molar-refractivity contribution in [2.24, 2.45) is 0 Å². The van der Waals surface area contributed by atoms with E-state index in [1.807, 2.05) is 9.58 Å². The summed E-state index contributed by atoms with van der Waals surface area (Å²) in [7, 11) is 0. The van der Waals surface area contributed by atoms with Crippen molar-refractivity contribution >= 4 is 5.91 Å². The van der Waals surface area contributed by atoms with Gasteiger partial charge in [-0.2, -0.15) is 5.10 Å². The number of rotatable bonds is 2. The number of piperazine rings is 1. The van der Waals surface area contributed by atoms with Crippen LogP contribution in [0, 0.1) is 13.8 Å². The van der Waals surface area contributed by atoms with Crippen LogP contribution in [-0.2, 0) is 12.8 Å². The van der Waals surface area contributed by atoms with Crippen LogP contribution in [-0.4, -0.2) is 46.3 Å². The lowest BCUT2D eigenvalue weighted by atomic mass is 10.1. The van der Waals surface area contributed by atoms with Crippen LogP contribution >= 0.6 is 0 Å². The van der Waals surface area contributed by atoms with Gasteiger partial charge in [-0.3, -0.25) is 4.79 Å². The predicted molar refractivity (Wildman–Crippen MR) is 98.4 cm³/mol. The second-order valence-electron chi connectivity index (χ2n) is 7.38. The first kappa shape index (κ1) is 16.3. The van der Waals surface area contributed by atoms with Gasteiger partial charge in [-0.05, 0) is 51.7 Å². The second-order valence-corrected chi connectivity index (χ2v) is 7.38. The Morgan fingerprint density at radius 2 is 2.12 bits per heavy atom. The Balaban J connectivity index is 1.76. The minimum Gasteiger partial charge on any atom is -0.332 e. The van der Waals surface area contributed by atoms with E-state index in [9.17, 15) is 4.79 Å². The molecule has 0 unspecified atom stereocenters. The predicted octanol–water partition coefficient (Wildman–Crippen LogP) is 2.41. The molecule has 4 rings (SSSR count). The summed E-state index contributed by atoms with van der Waals surface area (Å²) in [4.78, 5) is 15.2. The summed E-state index contributed by atoms with van der Waals surface area (Å²) in [5.74, 6) is 0.0932. The zero-order valence-corrected chi connectivity index (χ0v) is 15.3. The van der Waals surface area contributed by atoms with Crippen LogP contribution in [0.15, 0.2) is 18.2 Å². The van der Waals surface area contributed by atoms with Gasteiger partial charge in [0, 0.05) is 36.9 Å². The third-order valence-electron chi connectivity index (χ3n) is 5.48. The molecule has 2 aliphatic rings. The fourth-order valence-electron chi connectivity index (χ4n) is 4.13. The van der Waals surface area contributed by atoms with E-state index in [2.05, 4.69) is 44.3 Å². The van der Waals surface area contributed by atoms with E-state index in [4.69, 9.17) is 5.10 Å². The maximum Gasteiger partial charge on any atom is 0.274 e. The molecule has 5 heteroatoms. The van der Waals surface area contributed by atoms with E-state index in [0.717, 1.165) is 50.1 Å². The molecule has 1 aromatic carbocycles. The Morgan fingerprint density at radius 3 is 2.88 bits per heavy atom. The molecular formula is C20H26N4O.